The normalized spacial score (nSPS) is 13.1. The molecule has 0 saturated carbocycles. The average Bonchev–Trinajstić information content (AvgIpc) is 2.75. The van der Waals surface area contributed by atoms with Gasteiger partial charge in [-0.25, -0.2) is 9.78 Å². The molecule has 1 unspecified atom stereocenters. The number of carbonyl (C=O) groups is 1. The number of fused-ring (bicyclic) bond motifs is 1. The van der Waals surface area contributed by atoms with Crippen molar-refractivity contribution in [3.05, 3.63) is 25.0 Å². The summed E-state index contributed by atoms with van der Waals surface area (Å²) in [6, 6.07) is 1.37. The van der Waals surface area contributed by atoms with Gasteiger partial charge < -0.3 is 19.6 Å². The number of nitrogens with zero attached hydrogens (tertiary/aromatic N) is 1. The van der Waals surface area contributed by atoms with E-state index < -0.39 is 11.7 Å². The van der Waals surface area contributed by atoms with Crippen molar-refractivity contribution in [3.63, 3.8) is 0 Å². The van der Waals surface area contributed by atoms with Crippen molar-refractivity contribution in [1.82, 2.24) is 10.3 Å². The Morgan fingerprint density at radius 3 is 2.84 bits per heavy atom. The van der Waals surface area contributed by atoms with Crippen LogP contribution < -0.4 is 5.32 Å². The Balaban J connectivity index is 2.22. The number of furan rings is 1. The third-order valence-electron chi connectivity index (χ3n) is 3.20. The van der Waals surface area contributed by atoms with Crippen LogP contribution in [0.4, 0.5) is 4.79 Å². The zero-order chi connectivity index (χ0) is 18.8. The lowest BCUT2D eigenvalue weighted by atomic mass is 10.1. The minimum atomic E-state index is -0.593. The van der Waals surface area contributed by atoms with E-state index in [-0.39, 0.29) is 12.6 Å². The number of hydrogen-bond donors (Lipinski definition) is 2. The van der Waals surface area contributed by atoms with Crippen molar-refractivity contribution >= 4 is 67.3 Å². The predicted molar refractivity (Wildman–Crippen MR) is 108 cm³/mol. The van der Waals surface area contributed by atoms with Crippen LogP contribution >= 0.6 is 50.1 Å². The second-order valence-electron chi connectivity index (χ2n) is 6.50. The summed E-state index contributed by atoms with van der Waals surface area (Å²) in [6.45, 7) is 5.31. The fraction of sp³-hybridized carbons (Fsp3) is 0.500. The Kier molecular flexibility index (Phi) is 6.97. The van der Waals surface area contributed by atoms with E-state index >= 15 is 0 Å². The van der Waals surface area contributed by atoms with Gasteiger partial charge in [-0.15, -0.1) is 0 Å². The van der Waals surface area contributed by atoms with E-state index in [1.165, 1.54) is 0 Å². The molecule has 9 heteroatoms. The van der Waals surface area contributed by atoms with Crippen LogP contribution in [0.25, 0.3) is 11.1 Å². The molecule has 25 heavy (non-hydrogen) atoms. The quantitative estimate of drug-likeness (QED) is 0.422. The molecule has 2 aromatic heterocycles. The number of halogens is 3. The molecule has 0 radical (unpaired) electrons. The third-order valence-corrected chi connectivity index (χ3v) is 5.02. The van der Waals surface area contributed by atoms with Crippen molar-refractivity contribution in [1.29, 1.82) is 0 Å². The largest absolute Gasteiger partial charge is 0.457 e. The Labute approximate surface area is 172 Å². The number of aliphatic hydroxyl groups excluding tert-OH is 1. The summed E-state index contributed by atoms with van der Waals surface area (Å²) in [4.78, 5) is 16.3. The zero-order valence-corrected chi connectivity index (χ0v) is 18.5. The molecular formula is C16H19BrClIN2O4. The lowest BCUT2D eigenvalue weighted by Gasteiger charge is -2.23. The van der Waals surface area contributed by atoms with Crippen LogP contribution in [0.1, 0.15) is 33.0 Å². The molecule has 0 aliphatic carbocycles. The molecule has 2 heterocycles. The molecule has 2 rings (SSSR count). The Hall–Kier alpha value is -0.580. The van der Waals surface area contributed by atoms with Gasteiger partial charge >= 0.3 is 6.09 Å². The Bertz CT molecular complexity index is 776. The minimum Gasteiger partial charge on any atom is -0.457 e. The number of nitrogens with one attached hydrogen (secondary N) is 1. The maximum Gasteiger partial charge on any atom is 0.407 e. The number of alkyl carbamates (subject to hydrolysis) is 1. The molecule has 138 valence electrons. The topological polar surface area (TPSA) is 84.6 Å². The van der Waals surface area contributed by atoms with Crippen LogP contribution in [0.2, 0.25) is 5.15 Å². The Morgan fingerprint density at radius 1 is 1.56 bits per heavy atom. The summed E-state index contributed by atoms with van der Waals surface area (Å²) in [7, 11) is 0. The van der Waals surface area contributed by atoms with Gasteiger partial charge in [-0.2, -0.15) is 0 Å². The first-order valence-electron chi connectivity index (χ1n) is 7.64. The maximum absolute atomic E-state index is 12.0. The Morgan fingerprint density at radius 2 is 2.24 bits per heavy atom. The molecule has 1 amide bonds. The average molecular weight is 546 g/mol. The second kappa shape index (κ2) is 8.41. The predicted octanol–water partition coefficient (Wildman–Crippen LogP) is 4.67. The molecular weight excluding hydrogens is 526 g/mol. The first-order valence-corrected chi connectivity index (χ1v) is 9.89. The van der Waals surface area contributed by atoms with Crippen molar-refractivity contribution in [2.24, 2.45) is 0 Å². The summed E-state index contributed by atoms with van der Waals surface area (Å²) >= 11 is 11.6. The van der Waals surface area contributed by atoms with Gasteiger partial charge in [0.25, 0.3) is 0 Å². The van der Waals surface area contributed by atoms with Crippen LogP contribution in [-0.2, 0) is 11.2 Å². The molecule has 0 bridgehead atoms. The van der Waals surface area contributed by atoms with Crippen LogP contribution in [0.5, 0.6) is 0 Å². The van der Waals surface area contributed by atoms with Gasteiger partial charge in [0.2, 0.25) is 0 Å². The highest BCUT2D eigenvalue weighted by Crippen LogP contribution is 2.34. The van der Waals surface area contributed by atoms with Crippen molar-refractivity contribution < 1.29 is 19.1 Å². The summed E-state index contributed by atoms with van der Waals surface area (Å²) in [5.74, 6) is 0.622. The molecule has 6 nitrogen and oxygen atoms in total. The number of hydrogen-bond acceptors (Lipinski definition) is 5. The molecule has 0 aliphatic rings. The number of aromatic nitrogens is 1. The standard InChI is InChI=1S/C16H19BrClIN2O4/c1-16(2,3)25-15(23)20-8(4-5-22)6-10-12(17)13-14(24-10)9(19)7-11(18)21-13/h7-8,22H,4-6H2,1-3H3,(H,20,23). The van der Waals surface area contributed by atoms with Crippen LogP contribution in [0, 0.1) is 3.57 Å². The second-order valence-corrected chi connectivity index (χ2v) is 8.85. The number of carbonyl (C=O) groups excluding carboxylic acids is 1. The van der Waals surface area contributed by atoms with E-state index in [4.69, 9.17) is 20.8 Å². The van der Waals surface area contributed by atoms with Crippen molar-refractivity contribution in [3.8, 4) is 0 Å². The summed E-state index contributed by atoms with van der Waals surface area (Å²) in [5.41, 5.74) is 0.670. The first-order chi connectivity index (χ1) is 11.6. The van der Waals surface area contributed by atoms with Gasteiger partial charge in [0.15, 0.2) is 5.58 Å². The van der Waals surface area contributed by atoms with Crippen LogP contribution in [-0.4, -0.2) is 34.4 Å². The van der Waals surface area contributed by atoms with E-state index in [9.17, 15) is 9.90 Å². The fourth-order valence-corrected chi connectivity index (χ4v) is 3.78. The van der Waals surface area contributed by atoms with Gasteiger partial charge in [-0.3, -0.25) is 0 Å². The maximum atomic E-state index is 12.0. The third kappa shape index (κ3) is 5.70. The number of pyridine rings is 1. The minimum absolute atomic E-state index is 0.0695. The SMILES string of the molecule is CC(C)(C)OC(=O)NC(CCO)Cc1oc2c(I)cc(Cl)nc2c1Br. The lowest BCUT2D eigenvalue weighted by Crippen LogP contribution is -2.40. The molecule has 2 N–H and O–H groups in total. The van der Waals surface area contributed by atoms with E-state index in [2.05, 4.69) is 48.8 Å². The summed E-state index contributed by atoms with van der Waals surface area (Å²) < 4.78 is 12.7. The van der Waals surface area contributed by atoms with Crippen LogP contribution in [0.15, 0.2) is 15.0 Å². The van der Waals surface area contributed by atoms with Gasteiger partial charge in [0.05, 0.1) is 8.04 Å². The van der Waals surface area contributed by atoms with E-state index in [0.717, 1.165) is 3.57 Å². The molecule has 0 fully saturated rings. The molecule has 0 aromatic carbocycles. The van der Waals surface area contributed by atoms with E-state index in [1.54, 1.807) is 26.8 Å². The highest BCUT2D eigenvalue weighted by molar-refractivity contribution is 14.1. The van der Waals surface area contributed by atoms with Gasteiger partial charge in [-0.05, 0) is 71.8 Å². The van der Waals surface area contributed by atoms with Gasteiger partial charge in [0, 0.05) is 19.1 Å². The number of aliphatic hydroxyl groups is 1. The molecule has 0 aliphatic heterocycles. The highest BCUT2D eigenvalue weighted by atomic mass is 127. The monoisotopic (exact) mass is 544 g/mol. The molecule has 0 spiro atoms. The van der Waals surface area contributed by atoms with Crippen LogP contribution in [0.3, 0.4) is 0 Å². The zero-order valence-electron chi connectivity index (χ0n) is 14.0. The number of amides is 1. The number of ether oxygens (including phenoxy) is 1. The lowest BCUT2D eigenvalue weighted by molar-refractivity contribution is 0.0496. The summed E-state index contributed by atoms with van der Waals surface area (Å²) in [6.07, 6.45) is 0.215. The first kappa shape index (κ1) is 20.7. The van der Waals surface area contributed by atoms with Crippen molar-refractivity contribution in [2.45, 2.75) is 45.3 Å². The summed E-state index contributed by atoms with van der Waals surface area (Å²) in [5, 5.41) is 12.4. The van der Waals surface area contributed by atoms with E-state index in [0.29, 0.717) is 39.3 Å². The van der Waals surface area contributed by atoms with Gasteiger partial charge in [0.1, 0.15) is 22.0 Å². The number of rotatable bonds is 5. The molecule has 0 saturated heterocycles. The highest BCUT2D eigenvalue weighted by Gasteiger charge is 2.23. The van der Waals surface area contributed by atoms with E-state index in [1.807, 2.05) is 0 Å². The smallest absolute Gasteiger partial charge is 0.407 e. The fourth-order valence-electron chi connectivity index (χ4n) is 2.23. The molecule has 2 aromatic rings. The van der Waals surface area contributed by atoms with Gasteiger partial charge in [-0.1, -0.05) is 11.6 Å². The van der Waals surface area contributed by atoms with Crippen molar-refractivity contribution in [2.75, 3.05) is 6.61 Å². The molecule has 1 atom stereocenters.